The molecule has 0 aromatic heterocycles. The topological polar surface area (TPSA) is 64.6 Å². The lowest BCUT2D eigenvalue weighted by Gasteiger charge is -2.39. The highest BCUT2D eigenvalue weighted by Crippen LogP contribution is 2.31. The maximum absolute atomic E-state index is 14.6. The molecule has 1 aliphatic rings. The third-order valence-corrected chi connectivity index (χ3v) is 6.17. The number of halogens is 4. The summed E-state index contributed by atoms with van der Waals surface area (Å²) in [5.74, 6) is -3.05. The highest BCUT2D eigenvalue weighted by molar-refractivity contribution is 14.1. The number of para-hydroxylation sites is 1. The van der Waals surface area contributed by atoms with Gasteiger partial charge in [-0.15, -0.1) is 0 Å². The molecule has 3 N–H and O–H groups in total. The van der Waals surface area contributed by atoms with Crippen LogP contribution in [0.25, 0.3) is 0 Å². The number of rotatable bonds is 7. The average molecular weight is 567 g/mol. The van der Waals surface area contributed by atoms with Crippen LogP contribution < -0.4 is 10.6 Å². The van der Waals surface area contributed by atoms with Gasteiger partial charge < -0.3 is 20.6 Å². The Morgan fingerprint density at radius 2 is 1.82 bits per heavy atom. The molecule has 1 aliphatic heterocycles. The number of nitrogens with zero attached hydrogens (tertiary/aromatic N) is 1. The molecule has 0 atom stereocenters. The van der Waals surface area contributed by atoms with Gasteiger partial charge in [-0.25, -0.2) is 13.2 Å². The Bertz CT molecular complexity index is 1190. The summed E-state index contributed by atoms with van der Waals surface area (Å²) >= 11 is 1.94. The minimum atomic E-state index is -1.24. The summed E-state index contributed by atoms with van der Waals surface area (Å²) in [6, 6.07) is 13.4. The molecule has 1 fully saturated rings. The number of hydrogen-bond donors (Lipinski definition) is 3. The molecular formula is C24H21F3IN3O2. The molecule has 9 heteroatoms. The normalized spacial score (nSPS) is 13.6. The van der Waals surface area contributed by atoms with Crippen LogP contribution in [0.15, 0.2) is 54.6 Å². The van der Waals surface area contributed by atoms with Gasteiger partial charge in [0.05, 0.1) is 16.9 Å². The number of phenols is 1. The van der Waals surface area contributed by atoms with Gasteiger partial charge in [0.25, 0.3) is 5.91 Å². The summed E-state index contributed by atoms with van der Waals surface area (Å²) in [4.78, 5) is 14.5. The van der Waals surface area contributed by atoms with Crippen molar-refractivity contribution >= 4 is 39.9 Å². The Balaban J connectivity index is 1.40. The Hall–Kier alpha value is -2.79. The smallest absolute Gasteiger partial charge is 0.256 e. The predicted molar refractivity (Wildman–Crippen MR) is 128 cm³/mol. The van der Waals surface area contributed by atoms with Crippen LogP contribution in [-0.4, -0.2) is 35.5 Å². The van der Waals surface area contributed by atoms with Crippen LogP contribution in [0.4, 0.5) is 24.5 Å². The average Bonchev–Trinajstić information content (AvgIpc) is 2.75. The number of nitrogens with one attached hydrogen (secondary N) is 2. The molecule has 0 bridgehead atoms. The molecule has 4 rings (SSSR count). The highest BCUT2D eigenvalue weighted by atomic mass is 127. The molecule has 1 amide bonds. The van der Waals surface area contributed by atoms with Crippen LogP contribution in [0.3, 0.4) is 0 Å². The number of carbonyl (C=O) groups excluding carboxylic acids is 1. The molecule has 1 heterocycles. The van der Waals surface area contributed by atoms with E-state index in [0.29, 0.717) is 29.7 Å². The number of aromatic hydroxyl groups is 1. The van der Waals surface area contributed by atoms with Crippen LogP contribution in [0.5, 0.6) is 5.75 Å². The molecule has 5 nitrogen and oxygen atoms in total. The lowest BCUT2D eigenvalue weighted by atomic mass is 9.98. The Morgan fingerprint density at radius 1 is 1.06 bits per heavy atom. The zero-order valence-corrected chi connectivity index (χ0v) is 19.6. The molecule has 0 radical (unpaired) electrons. The number of likely N-dealkylation sites (tertiary alicyclic amines) is 1. The standard InChI is InChI=1S/C24H21F3IN3O2/c25-18-7-6-17(23(22(18)27)30-20-8-5-16(28)9-19(20)26)24(33)31-12-14(13-31)10-29-11-15-3-1-2-4-21(15)32/h1-9,14,29-30,32H,10-13H2. The van der Waals surface area contributed by atoms with Gasteiger partial charge in [-0.3, -0.25) is 4.79 Å². The van der Waals surface area contributed by atoms with Gasteiger partial charge in [0, 0.05) is 41.2 Å². The number of amides is 1. The third-order valence-electron chi connectivity index (χ3n) is 5.50. The molecule has 0 aliphatic carbocycles. The number of hydrogen-bond acceptors (Lipinski definition) is 4. The second-order valence-corrected chi connectivity index (χ2v) is 9.11. The number of carbonyl (C=O) groups is 1. The minimum Gasteiger partial charge on any atom is -0.508 e. The van der Waals surface area contributed by atoms with Crippen molar-refractivity contribution in [2.24, 2.45) is 5.92 Å². The number of anilines is 2. The first-order valence-corrected chi connectivity index (χ1v) is 11.4. The summed E-state index contributed by atoms with van der Waals surface area (Å²) in [7, 11) is 0. The molecule has 1 saturated heterocycles. The van der Waals surface area contributed by atoms with Gasteiger partial charge in [-0.05, 0) is 59.0 Å². The lowest BCUT2D eigenvalue weighted by molar-refractivity contribution is 0.0501. The SMILES string of the molecule is O=C(c1ccc(F)c(F)c1Nc1ccc(I)cc1F)N1CC(CNCc2ccccc2O)C1. The first kappa shape index (κ1) is 23.4. The second-order valence-electron chi connectivity index (χ2n) is 7.87. The van der Waals surface area contributed by atoms with Gasteiger partial charge in [0.1, 0.15) is 11.6 Å². The molecule has 0 spiro atoms. The Labute approximate surface area is 202 Å². The molecule has 3 aromatic carbocycles. The van der Waals surface area contributed by atoms with Gasteiger partial charge in [0.2, 0.25) is 0 Å². The highest BCUT2D eigenvalue weighted by Gasteiger charge is 2.33. The zero-order valence-electron chi connectivity index (χ0n) is 17.4. The van der Waals surface area contributed by atoms with Gasteiger partial charge in [-0.2, -0.15) is 0 Å². The fraction of sp³-hybridized carbons (Fsp3) is 0.208. The third kappa shape index (κ3) is 5.25. The van der Waals surface area contributed by atoms with Crippen molar-refractivity contribution in [3.8, 4) is 5.75 Å². The Kier molecular flexibility index (Phi) is 7.08. The lowest BCUT2D eigenvalue weighted by Crippen LogP contribution is -2.53. The van der Waals surface area contributed by atoms with E-state index in [1.165, 1.54) is 23.1 Å². The van der Waals surface area contributed by atoms with E-state index in [1.807, 2.05) is 34.7 Å². The molecule has 172 valence electrons. The van der Waals surface area contributed by atoms with Gasteiger partial charge in [0.15, 0.2) is 11.6 Å². The van der Waals surface area contributed by atoms with Gasteiger partial charge in [-0.1, -0.05) is 18.2 Å². The Morgan fingerprint density at radius 3 is 2.55 bits per heavy atom. The van der Waals surface area contributed by atoms with Crippen molar-refractivity contribution in [1.29, 1.82) is 0 Å². The van der Waals surface area contributed by atoms with Gasteiger partial charge >= 0.3 is 0 Å². The van der Waals surface area contributed by atoms with Crippen molar-refractivity contribution < 1.29 is 23.1 Å². The largest absolute Gasteiger partial charge is 0.508 e. The fourth-order valence-corrected chi connectivity index (χ4v) is 4.14. The minimum absolute atomic E-state index is 0.0520. The van der Waals surface area contributed by atoms with E-state index in [2.05, 4.69) is 10.6 Å². The molecule has 33 heavy (non-hydrogen) atoms. The summed E-state index contributed by atoms with van der Waals surface area (Å²) in [5, 5.41) is 15.6. The molecule has 0 saturated carbocycles. The van der Waals surface area contributed by atoms with Crippen molar-refractivity contribution in [1.82, 2.24) is 10.2 Å². The van der Waals surface area contributed by atoms with E-state index in [0.717, 1.165) is 11.6 Å². The summed E-state index contributed by atoms with van der Waals surface area (Å²) in [5.41, 5.74) is 0.280. The summed E-state index contributed by atoms with van der Waals surface area (Å²) in [6.07, 6.45) is 0. The van der Waals surface area contributed by atoms with Crippen molar-refractivity contribution in [3.05, 3.63) is 86.7 Å². The van der Waals surface area contributed by atoms with E-state index in [-0.39, 0.29) is 28.6 Å². The summed E-state index contributed by atoms with van der Waals surface area (Å²) < 4.78 is 43.4. The first-order chi connectivity index (χ1) is 15.8. The first-order valence-electron chi connectivity index (χ1n) is 10.3. The van der Waals surface area contributed by atoms with Crippen LogP contribution in [0.1, 0.15) is 15.9 Å². The maximum Gasteiger partial charge on any atom is 0.256 e. The predicted octanol–water partition coefficient (Wildman–Crippen LogP) is 5.02. The zero-order chi connectivity index (χ0) is 23.5. The number of phenolic OH excluding ortho intramolecular Hbond substituents is 1. The molecular weight excluding hydrogens is 546 g/mol. The van der Waals surface area contributed by atoms with Crippen LogP contribution in [0, 0.1) is 26.9 Å². The summed E-state index contributed by atoms with van der Waals surface area (Å²) in [6.45, 7) is 2.02. The van der Waals surface area contributed by atoms with E-state index < -0.39 is 23.4 Å². The van der Waals surface area contributed by atoms with E-state index in [1.54, 1.807) is 18.2 Å². The molecule has 3 aromatic rings. The van der Waals surface area contributed by atoms with E-state index >= 15 is 0 Å². The molecule has 0 unspecified atom stereocenters. The fourth-order valence-electron chi connectivity index (χ4n) is 3.68. The van der Waals surface area contributed by atoms with Crippen molar-refractivity contribution in [3.63, 3.8) is 0 Å². The van der Waals surface area contributed by atoms with Crippen molar-refractivity contribution in [2.75, 3.05) is 25.0 Å². The van der Waals surface area contributed by atoms with Crippen LogP contribution >= 0.6 is 22.6 Å². The van der Waals surface area contributed by atoms with Crippen LogP contribution in [0.2, 0.25) is 0 Å². The van der Waals surface area contributed by atoms with Crippen molar-refractivity contribution in [2.45, 2.75) is 6.54 Å². The second kappa shape index (κ2) is 10.0. The van der Waals surface area contributed by atoms with E-state index in [9.17, 15) is 23.1 Å². The number of benzene rings is 3. The monoisotopic (exact) mass is 567 g/mol. The quantitative estimate of drug-likeness (QED) is 0.351. The van der Waals surface area contributed by atoms with Crippen LogP contribution in [-0.2, 0) is 6.54 Å². The van der Waals surface area contributed by atoms with E-state index in [4.69, 9.17) is 0 Å². The maximum atomic E-state index is 14.6.